The minimum atomic E-state index is -0.162. The van der Waals surface area contributed by atoms with Crippen LogP contribution < -0.4 is 10.1 Å². The van der Waals surface area contributed by atoms with Gasteiger partial charge >= 0.3 is 0 Å². The zero-order valence-electron chi connectivity index (χ0n) is 19.3. The van der Waals surface area contributed by atoms with Crippen molar-refractivity contribution in [3.63, 3.8) is 0 Å². The van der Waals surface area contributed by atoms with Crippen molar-refractivity contribution in [2.75, 3.05) is 5.32 Å². The number of nitrogens with one attached hydrogen (secondary N) is 1. The largest absolute Gasteiger partial charge is 0.487 e. The van der Waals surface area contributed by atoms with Crippen LogP contribution in [0, 0.1) is 11.8 Å². The molecule has 6 nitrogen and oxygen atoms in total. The molecule has 4 aromatic rings. The Hall–Kier alpha value is -3.58. The van der Waals surface area contributed by atoms with Crippen molar-refractivity contribution in [1.82, 2.24) is 15.2 Å². The lowest BCUT2D eigenvalue weighted by atomic mass is 9.64. The van der Waals surface area contributed by atoms with E-state index in [2.05, 4.69) is 56.9 Å². The summed E-state index contributed by atoms with van der Waals surface area (Å²) in [5.41, 5.74) is 5.75. The van der Waals surface area contributed by atoms with Crippen LogP contribution in [0.5, 0.6) is 5.75 Å². The van der Waals surface area contributed by atoms with E-state index in [0.29, 0.717) is 23.2 Å². The van der Waals surface area contributed by atoms with Crippen LogP contribution in [-0.2, 0) is 12.0 Å². The molecular weight excluding hydrogens is 456 g/mol. The van der Waals surface area contributed by atoms with Crippen molar-refractivity contribution in [2.24, 2.45) is 11.8 Å². The van der Waals surface area contributed by atoms with Crippen molar-refractivity contribution in [2.45, 2.75) is 37.7 Å². The van der Waals surface area contributed by atoms with Gasteiger partial charge in [-0.1, -0.05) is 48.1 Å². The van der Waals surface area contributed by atoms with E-state index in [1.54, 1.807) is 11.7 Å². The van der Waals surface area contributed by atoms with Crippen LogP contribution >= 0.6 is 11.3 Å². The first-order chi connectivity index (χ1) is 17.2. The number of benzene rings is 2. The van der Waals surface area contributed by atoms with Gasteiger partial charge in [0.25, 0.3) is 5.91 Å². The molecule has 2 aliphatic rings. The molecule has 0 radical (unpaired) electrons. The maximum absolute atomic E-state index is 12.6. The molecule has 2 saturated carbocycles. The van der Waals surface area contributed by atoms with Gasteiger partial charge in [-0.25, -0.2) is 0 Å². The van der Waals surface area contributed by atoms with Gasteiger partial charge in [0, 0.05) is 17.2 Å². The van der Waals surface area contributed by atoms with Gasteiger partial charge in [-0.2, -0.15) is 0 Å². The molecule has 0 saturated heterocycles. The number of fused-ring (bicyclic) bond motifs is 2. The average Bonchev–Trinajstić information content (AvgIpc) is 3.67. The van der Waals surface area contributed by atoms with E-state index in [-0.39, 0.29) is 11.3 Å². The first-order valence-electron chi connectivity index (χ1n) is 12.0. The molecule has 1 N–H and O–H groups in total. The highest BCUT2D eigenvalue weighted by atomic mass is 32.1. The van der Waals surface area contributed by atoms with Crippen molar-refractivity contribution < 1.29 is 9.53 Å². The van der Waals surface area contributed by atoms with Crippen LogP contribution in [0.1, 0.15) is 52.9 Å². The number of aromatic nitrogens is 3. The van der Waals surface area contributed by atoms with E-state index in [9.17, 15) is 4.79 Å². The first-order valence-corrected chi connectivity index (χ1v) is 12.9. The normalized spacial score (nSPS) is 22.7. The molecule has 0 aliphatic heterocycles. The van der Waals surface area contributed by atoms with Crippen LogP contribution in [0.4, 0.5) is 5.13 Å². The number of carbonyl (C=O) groups is 1. The van der Waals surface area contributed by atoms with Crippen LogP contribution in [0.2, 0.25) is 0 Å². The molecular formula is C28H26N4O2S. The third-order valence-electron chi connectivity index (χ3n) is 7.57. The summed E-state index contributed by atoms with van der Waals surface area (Å²) in [7, 11) is 0. The summed E-state index contributed by atoms with van der Waals surface area (Å²) in [6.45, 7) is 0.455. The van der Waals surface area contributed by atoms with Gasteiger partial charge in [0.05, 0.1) is 5.69 Å². The van der Waals surface area contributed by atoms with E-state index >= 15 is 0 Å². The summed E-state index contributed by atoms with van der Waals surface area (Å²) in [6, 6.07) is 22.6. The zero-order valence-corrected chi connectivity index (χ0v) is 20.1. The topological polar surface area (TPSA) is 77.0 Å². The summed E-state index contributed by atoms with van der Waals surface area (Å²) >= 11 is 1.31. The third-order valence-corrected chi connectivity index (χ3v) is 8.18. The van der Waals surface area contributed by atoms with Gasteiger partial charge in [0.2, 0.25) is 5.13 Å². The Morgan fingerprint density at radius 3 is 2.46 bits per heavy atom. The molecule has 2 fully saturated rings. The molecule has 2 heterocycles. The highest BCUT2D eigenvalue weighted by molar-refractivity contribution is 7.13. The molecule has 7 heteroatoms. The highest BCUT2D eigenvalue weighted by Crippen LogP contribution is 2.60. The fourth-order valence-electron chi connectivity index (χ4n) is 6.01. The maximum atomic E-state index is 12.6. The second kappa shape index (κ2) is 9.23. The standard InChI is InChI=1S/C28H26N4O2S/c33-26(31-27-32-30-18-35-27)20-5-8-21(9-6-20)28(16-19-4-7-23(28)15-19)22-10-12-25(13-11-22)34-17-24-3-1-2-14-29-24/h1-3,5-6,8-14,18-19,23H,4,7,15-17H2,(H,31,32,33)/t19-,23+,28-/m1/s1. The van der Waals surface area contributed by atoms with E-state index in [1.165, 1.54) is 41.7 Å². The molecule has 2 aromatic heterocycles. The molecule has 176 valence electrons. The molecule has 3 atom stereocenters. The van der Waals surface area contributed by atoms with Crippen molar-refractivity contribution >= 4 is 22.4 Å². The Morgan fingerprint density at radius 1 is 1.03 bits per heavy atom. The average molecular weight is 483 g/mol. The van der Waals surface area contributed by atoms with Gasteiger partial charge in [0.15, 0.2) is 0 Å². The van der Waals surface area contributed by atoms with E-state index in [1.807, 2.05) is 30.3 Å². The quantitative estimate of drug-likeness (QED) is 0.356. The molecule has 2 aliphatic carbocycles. The van der Waals surface area contributed by atoms with Crippen LogP contribution in [0.25, 0.3) is 0 Å². The maximum Gasteiger partial charge on any atom is 0.257 e. The fourth-order valence-corrected chi connectivity index (χ4v) is 6.45. The lowest BCUT2D eigenvalue weighted by molar-refractivity contribution is 0.102. The van der Waals surface area contributed by atoms with Gasteiger partial charge in [-0.05, 0) is 78.6 Å². The predicted molar refractivity (Wildman–Crippen MR) is 136 cm³/mol. The predicted octanol–water partition coefficient (Wildman–Crippen LogP) is 5.87. The minimum absolute atomic E-state index is 0.0172. The molecule has 1 amide bonds. The number of nitrogens with zero attached hydrogens (tertiary/aromatic N) is 3. The third kappa shape index (κ3) is 4.21. The Bertz CT molecular complexity index is 1290. The molecule has 0 unspecified atom stereocenters. The van der Waals surface area contributed by atoms with E-state index < -0.39 is 0 Å². The summed E-state index contributed by atoms with van der Waals surface area (Å²) in [5.74, 6) is 2.07. The van der Waals surface area contributed by atoms with Crippen LogP contribution in [0.15, 0.2) is 78.4 Å². The van der Waals surface area contributed by atoms with Gasteiger partial charge in [0.1, 0.15) is 17.9 Å². The van der Waals surface area contributed by atoms with Gasteiger partial charge < -0.3 is 4.74 Å². The van der Waals surface area contributed by atoms with E-state index in [0.717, 1.165) is 23.8 Å². The second-order valence-corrected chi connectivity index (χ2v) is 10.3. The minimum Gasteiger partial charge on any atom is -0.487 e. The Labute approximate surface area is 208 Å². The Balaban J connectivity index is 1.24. The number of hydrogen-bond donors (Lipinski definition) is 1. The molecule has 2 aromatic carbocycles. The number of anilines is 1. The van der Waals surface area contributed by atoms with Gasteiger partial charge in [-0.3, -0.25) is 15.1 Å². The number of ether oxygens (including phenoxy) is 1. The summed E-state index contributed by atoms with van der Waals surface area (Å²) < 4.78 is 5.98. The van der Waals surface area contributed by atoms with Crippen molar-refractivity contribution in [3.8, 4) is 5.75 Å². The van der Waals surface area contributed by atoms with Crippen LogP contribution in [0.3, 0.4) is 0 Å². The smallest absolute Gasteiger partial charge is 0.257 e. The second-order valence-electron chi connectivity index (χ2n) is 9.46. The van der Waals surface area contributed by atoms with Crippen molar-refractivity contribution in [1.29, 1.82) is 0 Å². The Morgan fingerprint density at radius 2 is 1.83 bits per heavy atom. The monoisotopic (exact) mass is 482 g/mol. The van der Waals surface area contributed by atoms with Gasteiger partial charge in [-0.15, -0.1) is 10.2 Å². The Kier molecular flexibility index (Phi) is 5.78. The lowest BCUT2D eigenvalue weighted by Gasteiger charge is -2.39. The number of amides is 1. The van der Waals surface area contributed by atoms with E-state index in [4.69, 9.17) is 4.74 Å². The lowest BCUT2D eigenvalue weighted by Crippen LogP contribution is -2.34. The number of hydrogen-bond acceptors (Lipinski definition) is 6. The molecule has 35 heavy (non-hydrogen) atoms. The first kappa shape index (κ1) is 21.9. The number of carbonyl (C=O) groups excluding carboxylic acids is 1. The summed E-state index contributed by atoms with van der Waals surface area (Å²) in [5, 5.41) is 11.0. The van der Waals surface area contributed by atoms with Crippen LogP contribution in [-0.4, -0.2) is 21.1 Å². The highest BCUT2D eigenvalue weighted by Gasteiger charge is 2.52. The SMILES string of the molecule is O=C(Nc1nncs1)c1ccc([C@@]2(c3ccc(OCc4ccccn4)cc3)C[C@@H]3CC[C@H]2C3)cc1. The molecule has 6 rings (SSSR count). The molecule has 0 spiro atoms. The number of pyridine rings is 1. The molecule has 2 bridgehead atoms. The number of rotatable bonds is 7. The fraction of sp³-hybridized carbons (Fsp3) is 0.286. The zero-order chi connectivity index (χ0) is 23.7. The van der Waals surface area contributed by atoms with Crippen molar-refractivity contribution in [3.05, 3.63) is 101 Å². The summed E-state index contributed by atoms with van der Waals surface area (Å²) in [6.07, 6.45) is 6.78. The summed E-state index contributed by atoms with van der Waals surface area (Å²) in [4.78, 5) is 17.0.